The van der Waals surface area contributed by atoms with Gasteiger partial charge in [0.1, 0.15) is 18.3 Å². The molecular formula is C23H21N5O4. The number of methoxy groups -OCH3 is 1. The van der Waals surface area contributed by atoms with Crippen molar-refractivity contribution in [3.63, 3.8) is 0 Å². The molecule has 0 radical (unpaired) electrons. The molecule has 0 fully saturated rings. The number of hydrogen-bond acceptors (Lipinski definition) is 6. The van der Waals surface area contributed by atoms with E-state index < -0.39 is 11.9 Å². The van der Waals surface area contributed by atoms with E-state index in [-0.39, 0.29) is 12.1 Å². The standard InChI is InChI=1S/C23H21N5O4/c1-14-8-15(2)10-18(9-14)28-21-19(11-25-28)22(30)27(13-24-21)12-20(29)26-17-6-4-16(5-7-17)23(31)32-3/h4-11,13H,12H2,1-3H3,(H,26,29). The lowest BCUT2D eigenvalue weighted by molar-refractivity contribution is -0.116. The predicted molar refractivity (Wildman–Crippen MR) is 119 cm³/mol. The van der Waals surface area contributed by atoms with Gasteiger partial charge < -0.3 is 10.1 Å². The molecule has 4 aromatic rings. The number of ether oxygens (including phenoxy) is 1. The van der Waals surface area contributed by atoms with Gasteiger partial charge in [0.25, 0.3) is 5.56 Å². The van der Waals surface area contributed by atoms with Crippen LogP contribution < -0.4 is 10.9 Å². The molecule has 32 heavy (non-hydrogen) atoms. The maximum absolute atomic E-state index is 12.9. The number of nitrogens with one attached hydrogen (secondary N) is 1. The van der Waals surface area contributed by atoms with Gasteiger partial charge in [-0.3, -0.25) is 14.2 Å². The zero-order valence-corrected chi connectivity index (χ0v) is 17.8. The Labute approximate surface area is 183 Å². The topological polar surface area (TPSA) is 108 Å². The zero-order valence-electron chi connectivity index (χ0n) is 17.8. The van der Waals surface area contributed by atoms with Gasteiger partial charge in [0, 0.05) is 5.69 Å². The lowest BCUT2D eigenvalue weighted by atomic mass is 10.1. The SMILES string of the molecule is COC(=O)c1ccc(NC(=O)Cn2cnc3c(cnn3-c3cc(C)cc(C)c3)c2=O)cc1. The minimum Gasteiger partial charge on any atom is -0.465 e. The van der Waals surface area contributed by atoms with E-state index >= 15 is 0 Å². The van der Waals surface area contributed by atoms with Crippen LogP contribution in [0, 0.1) is 13.8 Å². The lowest BCUT2D eigenvalue weighted by Crippen LogP contribution is -2.27. The summed E-state index contributed by atoms with van der Waals surface area (Å²) in [7, 11) is 1.30. The van der Waals surface area contributed by atoms with Crippen LogP contribution in [-0.4, -0.2) is 38.3 Å². The summed E-state index contributed by atoms with van der Waals surface area (Å²) in [5.41, 5.74) is 3.90. The van der Waals surface area contributed by atoms with E-state index in [2.05, 4.69) is 26.2 Å². The highest BCUT2D eigenvalue weighted by molar-refractivity contribution is 5.93. The summed E-state index contributed by atoms with van der Waals surface area (Å²) in [6.07, 6.45) is 2.80. The van der Waals surface area contributed by atoms with E-state index in [1.165, 1.54) is 24.2 Å². The van der Waals surface area contributed by atoms with Crippen LogP contribution in [0.1, 0.15) is 21.5 Å². The molecule has 0 unspecified atom stereocenters. The van der Waals surface area contributed by atoms with Crippen LogP contribution in [0.25, 0.3) is 16.7 Å². The van der Waals surface area contributed by atoms with Crippen molar-refractivity contribution < 1.29 is 14.3 Å². The molecule has 9 heteroatoms. The number of aromatic nitrogens is 4. The number of amides is 1. The number of benzene rings is 2. The van der Waals surface area contributed by atoms with Gasteiger partial charge in [0.2, 0.25) is 5.91 Å². The molecule has 9 nitrogen and oxygen atoms in total. The first-order valence-corrected chi connectivity index (χ1v) is 9.86. The fourth-order valence-corrected chi connectivity index (χ4v) is 3.49. The molecule has 0 saturated heterocycles. The van der Waals surface area contributed by atoms with E-state index in [4.69, 9.17) is 0 Å². The molecule has 2 aromatic carbocycles. The summed E-state index contributed by atoms with van der Waals surface area (Å²) in [6.45, 7) is 3.77. The Morgan fingerprint density at radius 1 is 1.06 bits per heavy atom. The van der Waals surface area contributed by atoms with Crippen LogP contribution in [0.15, 0.2) is 59.8 Å². The molecule has 0 spiro atoms. The summed E-state index contributed by atoms with van der Waals surface area (Å²) in [5, 5.41) is 7.34. The molecule has 0 aliphatic carbocycles. The van der Waals surface area contributed by atoms with E-state index in [1.54, 1.807) is 28.9 Å². The first-order chi connectivity index (χ1) is 15.4. The van der Waals surface area contributed by atoms with Crippen LogP contribution >= 0.6 is 0 Å². The molecule has 0 atom stereocenters. The first kappa shape index (κ1) is 21.0. The summed E-state index contributed by atoms with van der Waals surface area (Å²) in [6, 6.07) is 12.2. The molecule has 0 aliphatic rings. The second-order valence-corrected chi connectivity index (χ2v) is 7.43. The van der Waals surface area contributed by atoms with Gasteiger partial charge in [-0.1, -0.05) is 6.07 Å². The first-order valence-electron chi connectivity index (χ1n) is 9.86. The molecule has 2 heterocycles. The monoisotopic (exact) mass is 431 g/mol. The number of carbonyl (C=O) groups excluding carboxylic acids is 2. The molecule has 0 aliphatic heterocycles. The third kappa shape index (κ3) is 4.13. The van der Waals surface area contributed by atoms with Gasteiger partial charge in [-0.05, 0) is 61.4 Å². The van der Waals surface area contributed by atoms with Crippen LogP contribution in [0.2, 0.25) is 0 Å². The van der Waals surface area contributed by atoms with Crippen LogP contribution in [0.5, 0.6) is 0 Å². The number of carbonyl (C=O) groups is 2. The number of nitrogens with zero attached hydrogens (tertiary/aromatic N) is 4. The van der Waals surface area contributed by atoms with Crippen LogP contribution in [-0.2, 0) is 16.1 Å². The second-order valence-electron chi connectivity index (χ2n) is 7.43. The third-order valence-electron chi connectivity index (χ3n) is 4.91. The Hall–Kier alpha value is -4.27. The molecule has 1 amide bonds. The number of rotatable bonds is 5. The average molecular weight is 431 g/mol. The minimum atomic E-state index is -0.463. The fraction of sp³-hybridized carbons (Fsp3) is 0.174. The molecule has 0 saturated carbocycles. The molecular weight excluding hydrogens is 410 g/mol. The highest BCUT2D eigenvalue weighted by Gasteiger charge is 2.14. The summed E-state index contributed by atoms with van der Waals surface area (Å²) < 4.78 is 7.49. The summed E-state index contributed by atoms with van der Waals surface area (Å²) in [4.78, 5) is 41.2. The van der Waals surface area contributed by atoms with Crippen molar-refractivity contribution in [1.82, 2.24) is 19.3 Å². The van der Waals surface area contributed by atoms with E-state index in [0.29, 0.717) is 22.3 Å². The molecule has 0 bridgehead atoms. The smallest absolute Gasteiger partial charge is 0.337 e. The highest BCUT2D eigenvalue weighted by atomic mass is 16.5. The van der Waals surface area contributed by atoms with E-state index in [9.17, 15) is 14.4 Å². The van der Waals surface area contributed by atoms with Gasteiger partial charge in [-0.2, -0.15) is 5.10 Å². The summed E-state index contributed by atoms with van der Waals surface area (Å²) >= 11 is 0. The number of hydrogen-bond donors (Lipinski definition) is 1. The molecule has 2 aromatic heterocycles. The Kier molecular flexibility index (Phi) is 5.55. The molecule has 4 rings (SSSR count). The Balaban J connectivity index is 1.55. The number of fused-ring (bicyclic) bond motifs is 1. The largest absolute Gasteiger partial charge is 0.465 e. The average Bonchev–Trinajstić information content (AvgIpc) is 3.20. The van der Waals surface area contributed by atoms with Crippen molar-refractivity contribution in [3.05, 3.63) is 82.0 Å². The van der Waals surface area contributed by atoms with Gasteiger partial charge in [-0.25, -0.2) is 14.5 Å². The van der Waals surface area contributed by atoms with Crippen molar-refractivity contribution in [2.75, 3.05) is 12.4 Å². The van der Waals surface area contributed by atoms with E-state index in [1.807, 2.05) is 26.0 Å². The Morgan fingerprint density at radius 3 is 2.41 bits per heavy atom. The van der Waals surface area contributed by atoms with Gasteiger partial charge >= 0.3 is 5.97 Å². The maximum Gasteiger partial charge on any atom is 0.337 e. The summed E-state index contributed by atoms with van der Waals surface area (Å²) in [5.74, 6) is -0.865. The van der Waals surface area contributed by atoms with Crippen molar-refractivity contribution in [1.29, 1.82) is 0 Å². The van der Waals surface area contributed by atoms with E-state index in [0.717, 1.165) is 16.8 Å². The number of aryl methyl sites for hydroxylation is 2. The van der Waals surface area contributed by atoms with Crippen LogP contribution in [0.4, 0.5) is 5.69 Å². The van der Waals surface area contributed by atoms with Gasteiger partial charge in [0.15, 0.2) is 5.65 Å². The third-order valence-corrected chi connectivity index (χ3v) is 4.91. The number of esters is 1. The van der Waals surface area contributed by atoms with Crippen molar-refractivity contribution in [2.45, 2.75) is 20.4 Å². The predicted octanol–water partition coefficient (Wildman–Crippen LogP) is 2.62. The quantitative estimate of drug-likeness (QED) is 0.487. The van der Waals surface area contributed by atoms with Gasteiger partial charge in [-0.15, -0.1) is 0 Å². The normalized spacial score (nSPS) is 10.8. The van der Waals surface area contributed by atoms with Crippen LogP contribution in [0.3, 0.4) is 0 Å². The van der Waals surface area contributed by atoms with Crippen molar-refractivity contribution in [3.8, 4) is 5.69 Å². The van der Waals surface area contributed by atoms with Crippen molar-refractivity contribution >= 4 is 28.6 Å². The minimum absolute atomic E-state index is 0.213. The molecule has 1 N–H and O–H groups in total. The number of anilines is 1. The van der Waals surface area contributed by atoms with Gasteiger partial charge in [0.05, 0.1) is 24.6 Å². The Morgan fingerprint density at radius 2 is 1.75 bits per heavy atom. The highest BCUT2D eigenvalue weighted by Crippen LogP contribution is 2.17. The zero-order chi connectivity index (χ0) is 22.8. The molecule has 162 valence electrons. The lowest BCUT2D eigenvalue weighted by Gasteiger charge is -2.09. The maximum atomic E-state index is 12.9. The second kappa shape index (κ2) is 8.46. The fourth-order valence-electron chi connectivity index (χ4n) is 3.49. The Bertz CT molecular complexity index is 1370. The van der Waals surface area contributed by atoms with Crippen molar-refractivity contribution in [2.24, 2.45) is 0 Å².